The number of carbonyl (C=O) groups excluding carboxylic acids is 2. The first kappa shape index (κ1) is 19.8. The molecule has 0 spiro atoms. The fourth-order valence-electron chi connectivity index (χ4n) is 3.15. The molecule has 4 rings (SSSR count). The van der Waals surface area contributed by atoms with Gasteiger partial charge in [-0.15, -0.1) is 0 Å². The van der Waals surface area contributed by atoms with Gasteiger partial charge in [-0.05, 0) is 25.1 Å². The van der Waals surface area contributed by atoms with Crippen molar-refractivity contribution in [1.82, 2.24) is 19.8 Å². The van der Waals surface area contributed by atoms with E-state index in [0.29, 0.717) is 5.82 Å². The molecule has 3 aromatic rings. The van der Waals surface area contributed by atoms with E-state index in [0.717, 1.165) is 15.4 Å². The van der Waals surface area contributed by atoms with Crippen LogP contribution in [0.1, 0.15) is 28.2 Å². The Morgan fingerprint density at radius 1 is 1.17 bits per heavy atom. The minimum atomic E-state index is -3.93. The highest BCUT2D eigenvalue weighted by molar-refractivity contribution is 7.90. The molecule has 0 unspecified atom stereocenters. The van der Waals surface area contributed by atoms with Gasteiger partial charge in [-0.25, -0.2) is 12.7 Å². The van der Waals surface area contributed by atoms with Gasteiger partial charge in [0.2, 0.25) is 17.6 Å². The number of amides is 2. The Labute approximate surface area is 172 Å². The number of nitrogens with one attached hydrogen (secondary N) is 1. The maximum absolute atomic E-state index is 12.5. The Bertz CT molecular complexity index is 1240. The summed E-state index contributed by atoms with van der Waals surface area (Å²) in [5, 5.41) is 6.49. The van der Waals surface area contributed by atoms with Crippen molar-refractivity contribution in [1.29, 1.82) is 0 Å². The Morgan fingerprint density at radius 3 is 2.73 bits per heavy atom. The van der Waals surface area contributed by atoms with Gasteiger partial charge in [0.25, 0.3) is 15.9 Å². The maximum atomic E-state index is 12.5. The number of carbonyl (C=O) groups is 2. The van der Waals surface area contributed by atoms with E-state index in [1.807, 2.05) is 31.2 Å². The van der Waals surface area contributed by atoms with E-state index in [1.165, 1.54) is 12.1 Å². The summed E-state index contributed by atoms with van der Waals surface area (Å²) in [5.41, 5.74) is 1.97. The summed E-state index contributed by atoms with van der Waals surface area (Å²) in [5.74, 6) is -0.436. The van der Waals surface area contributed by atoms with Gasteiger partial charge in [-0.2, -0.15) is 4.98 Å². The molecule has 10 heteroatoms. The molecule has 154 valence electrons. The van der Waals surface area contributed by atoms with Crippen LogP contribution < -0.4 is 5.32 Å². The number of nitrogens with zero attached hydrogens (tertiary/aromatic N) is 3. The zero-order valence-corrected chi connectivity index (χ0v) is 16.8. The normalized spacial score (nSPS) is 14.6. The van der Waals surface area contributed by atoms with Gasteiger partial charge in [-0.3, -0.25) is 9.59 Å². The smallest absolute Gasteiger partial charge is 0.269 e. The lowest BCUT2D eigenvalue weighted by atomic mass is 10.1. The molecule has 30 heavy (non-hydrogen) atoms. The van der Waals surface area contributed by atoms with Crippen LogP contribution in [-0.4, -0.2) is 41.2 Å². The van der Waals surface area contributed by atoms with Crippen molar-refractivity contribution in [3.8, 4) is 11.4 Å². The predicted molar refractivity (Wildman–Crippen MR) is 106 cm³/mol. The van der Waals surface area contributed by atoms with Gasteiger partial charge in [0.15, 0.2) is 0 Å². The van der Waals surface area contributed by atoms with Crippen molar-refractivity contribution >= 4 is 21.8 Å². The minimum absolute atomic E-state index is 0.00142. The lowest BCUT2D eigenvalue weighted by Crippen LogP contribution is -2.34. The van der Waals surface area contributed by atoms with Crippen molar-refractivity contribution < 1.29 is 22.5 Å². The molecule has 2 amide bonds. The van der Waals surface area contributed by atoms with E-state index in [1.54, 1.807) is 12.1 Å². The third kappa shape index (κ3) is 3.69. The summed E-state index contributed by atoms with van der Waals surface area (Å²) in [4.78, 5) is 28.7. The van der Waals surface area contributed by atoms with Crippen LogP contribution in [0.2, 0.25) is 0 Å². The minimum Gasteiger partial charge on any atom is -0.347 e. The molecule has 2 heterocycles. The second-order valence-electron chi connectivity index (χ2n) is 6.79. The number of aryl methyl sites for hydroxylation is 1. The van der Waals surface area contributed by atoms with Crippen LogP contribution in [0.4, 0.5) is 0 Å². The van der Waals surface area contributed by atoms with Crippen molar-refractivity contribution in [2.75, 3.05) is 6.54 Å². The highest BCUT2D eigenvalue weighted by Gasteiger charge is 2.40. The Kier molecular flexibility index (Phi) is 5.08. The van der Waals surface area contributed by atoms with Crippen LogP contribution in [0.5, 0.6) is 0 Å². The van der Waals surface area contributed by atoms with Crippen molar-refractivity contribution in [3.05, 3.63) is 65.5 Å². The first-order valence-corrected chi connectivity index (χ1v) is 10.6. The van der Waals surface area contributed by atoms with Crippen LogP contribution in [0, 0.1) is 6.92 Å². The van der Waals surface area contributed by atoms with E-state index in [2.05, 4.69) is 15.5 Å². The summed E-state index contributed by atoms with van der Waals surface area (Å²) >= 11 is 0. The lowest BCUT2D eigenvalue weighted by Gasteiger charge is -2.14. The van der Waals surface area contributed by atoms with Crippen molar-refractivity contribution in [2.24, 2.45) is 0 Å². The lowest BCUT2D eigenvalue weighted by molar-refractivity contribution is -0.121. The third-order valence-electron chi connectivity index (χ3n) is 4.64. The molecule has 9 nitrogen and oxygen atoms in total. The maximum Gasteiger partial charge on any atom is 0.269 e. The number of fused-ring (bicyclic) bond motifs is 1. The molecule has 0 radical (unpaired) electrons. The number of benzene rings is 2. The molecule has 0 fully saturated rings. The average Bonchev–Trinajstić information content (AvgIpc) is 3.27. The van der Waals surface area contributed by atoms with Gasteiger partial charge >= 0.3 is 0 Å². The molecule has 1 aliphatic heterocycles. The molecule has 0 aliphatic carbocycles. The Hall–Kier alpha value is -3.53. The Morgan fingerprint density at radius 2 is 1.97 bits per heavy atom. The van der Waals surface area contributed by atoms with Crippen LogP contribution in [0.25, 0.3) is 11.4 Å². The van der Waals surface area contributed by atoms with Crippen LogP contribution >= 0.6 is 0 Å². The van der Waals surface area contributed by atoms with E-state index in [9.17, 15) is 18.0 Å². The summed E-state index contributed by atoms with van der Waals surface area (Å²) in [6, 6.07) is 13.6. The SMILES string of the molecule is Cc1cccc(-c2noc(CNC(=O)CCN3C(=O)c4ccccc4S3(=O)=O)n2)c1. The number of hydrogen-bond acceptors (Lipinski definition) is 7. The van der Waals surface area contributed by atoms with Crippen molar-refractivity contribution in [3.63, 3.8) is 0 Å². The number of hydrogen-bond donors (Lipinski definition) is 1. The van der Waals surface area contributed by atoms with E-state index in [4.69, 9.17) is 4.52 Å². The van der Waals surface area contributed by atoms with Crippen LogP contribution in [0.15, 0.2) is 57.9 Å². The van der Waals surface area contributed by atoms with E-state index < -0.39 is 21.8 Å². The number of rotatable bonds is 6. The second kappa shape index (κ2) is 7.71. The first-order valence-electron chi connectivity index (χ1n) is 9.19. The van der Waals surface area contributed by atoms with Gasteiger partial charge < -0.3 is 9.84 Å². The van der Waals surface area contributed by atoms with E-state index >= 15 is 0 Å². The molecule has 0 saturated carbocycles. The van der Waals surface area contributed by atoms with Gasteiger partial charge in [0.1, 0.15) is 4.90 Å². The molecule has 0 saturated heterocycles. The highest BCUT2D eigenvalue weighted by atomic mass is 32.2. The van der Waals surface area contributed by atoms with Gasteiger partial charge in [0.05, 0.1) is 12.1 Å². The third-order valence-corrected chi connectivity index (χ3v) is 6.48. The summed E-state index contributed by atoms with van der Waals surface area (Å²) in [6.45, 7) is 1.70. The fraction of sp³-hybridized carbons (Fsp3) is 0.200. The summed E-state index contributed by atoms with van der Waals surface area (Å²) in [7, 11) is -3.93. The molecule has 1 aromatic heterocycles. The summed E-state index contributed by atoms with van der Waals surface area (Å²) in [6.07, 6.45) is -0.183. The van der Waals surface area contributed by atoms with Gasteiger partial charge in [-0.1, -0.05) is 41.1 Å². The quantitative estimate of drug-likeness (QED) is 0.639. The zero-order valence-electron chi connectivity index (χ0n) is 16.0. The van der Waals surface area contributed by atoms with Gasteiger partial charge in [0, 0.05) is 18.5 Å². The van der Waals surface area contributed by atoms with Crippen LogP contribution in [-0.2, 0) is 21.4 Å². The molecular formula is C20H18N4O5S. The first-order chi connectivity index (χ1) is 14.4. The summed E-state index contributed by atoms with van der Waals surface area (Å²) < 4.78 is 30.8. The zero-order chi connectivity index (χ0) is 21.3. The second-order valence-corrected chi connectivity index (χ2v) is 8.62. The Balaban J connectivity index is 1.34. The standard InChI is InChI=1S/C20H18N4O5S/c1-13-5-4-6-14(11-13)19-22-18(29-23-19)12-21-17(25)9-10-24-20(26)15-7-2-3-8-16(15)30(24,27)28/h2-8,11H,9-10,12H2,1H3,(H,21,25). The highest BCUT2D eigenvalue weighted by Crippen LogP contribution is 2.29. The van der Waals surface area contributed by atoms with E-state index in [-0.39, 0.29) is 35.9 Å². The number of sulfonamides is 1. The molecular weight excluding hydrogens is 408 g/mol. The fourth-order valence-corrected chi connectivity index (χ4v) is 4.72. The molecule has 1 N–H and O–H groups in total. The molecule has 2 aromatic carbocycles. The van der Waals surface area contributed by atoms with Crippen LogP contribution in [0.3, 0.4) is 0 Å². The monoisotopic (exact) mass is 426 g/mol. The largest absolute Gasteiger partial charge is 0.347 e. The average molecular weight is 426 g/mol. The topological polar surface area (TPSA) is 122 Å². The predicted octanol–water partition coefficient (Wildman–Crippen LogP) is 1.90. The molecule has 0 bridgehead atoms. The molecule has 1 aliphatic rings. The number of aromatic nitrogens is 2. The molecule has 0 atom stereocenters. The van der Waals surface area contributed by atoms with Crippen molar-refractivity contribution in [2.45, 2.75) is 24.8 Å².